The maximum Gasteiger partial charge on any atom is 0.410 e. The Bertz CT molecular complexity index is 273. The molecule has 0 aliphatic heterocycles. The quantitative estimate of drug-likeness (QED) is 0.640. The van der Waals surface area contributed by atoms with Crippen molar-refractivity contribution in [3.63, 3.8) is 0 Å². The molecule has 0 spiro atoms. The molecular formula is C7H8N2O2. The zero-order valence-electron chi connectivity index (χ0n) is 6.03. The minimum absolute atomic E-state index is 0.389. The van der Waals surface area contributed by atoms with Gasteiger partial charge in [0.2, 0.25) is 0 Å². The van der Waals surface area contributed by atoms with E-state index >= 15 is 0 Å². The van der Waals surface area contributed by atoms with Gasteiger partial charge in [0.1, 0.15) is 5.82 Å². The van der Waals surface area contributed by atoms with E-state index in [0.29, 0.717) is 5.82 Å². The largest absolute Gasteiger partial charge is 0.465 e. The fourth-order valence-corrected chi connectivity index (χ4v) is 0.718. The zero-order chi connectivity index (χ0) is 8.27. The molecule has 1 aromatic heterocycles. The van der Waals surface area contributed by atoms with Crippen molar-refractivity contribution in [2.24, 2.45) is 0 Å². The van der Waals surface area contributed by atoms with Gasteiger partial charge in [-0.1, -0.05) is 6.07 Å². The van der Waals surface area contributed by atoms with Crippen molar-refractivity contribution in [1.29, 1.82) is 0 Å². The van der Waals surface area contributed by atoms with E-state index in [0.717, 1.165) is 5.56 Å². The van der Waals surface area contributed by atoms with Crippen LogP contribution in [0.3, 0.4) is 0 Å². The Morgan fingerprint density at radius 1 is 1.73 bits per heavy atom. The number of nitrogens with one attached hydrogen (secondary N) is 1. The number of amides is 1. The Balaban J connectivity index is 2.86. The molecule has 0 fully saturated rings. The van der Waals surface area contributed by atoms with E-state index in [9.17, 15) is 4.79 Å². The second-order valence-electron chi connectivity index (χ2n) is 2.10. The van der Waals surface area contributed by atoms with E-state index in [4.69, 9.17) is 5.11 Å². The minimum atomic E-state index is -1.09. The van der Waals surface area contributed by atoms with Crippen LogP contribution in [0.4, 0.5) is 10.6 Å². The second kappa shape index (κ2) is 3.01. The van der Waals surface area contributed by atoms with E-state index in [2.05, 4.69) is 10.3 Å². The summed E-state index contributed by atoms with van der Waals surface area (Å²) in [6, 6.07) is 3.54. The first-order valence-corrected chi connectivity index (χ1v) is 3.11. The molecule has 1 heterocycles. The standard InChI is InChI=1S/C7H8N2O2/c1-5-3-2-4-8-6(5)9-7(10)11/h2-4H,1H3,(H,8,9)(H,10,11). The van der Waals surface area contributed by atoms with E-state index < -0.39 is 6.09 Å². The van der Waals surface area contributed by atoms with Crippen molar-refractivity contribution < 1.29 is 9.90 Å². The maximum absolute atomic E-state index is 10.2. The summed E-state index contributed by atoms with van der Waals surface area (Å²) in [5, 5.41) is 10.5. The van der Waals surface area contributed by atoms with Gasteiger partial charge >= 0.3 is 6.09 Å². The lowest BCUT2D eigenvalue weighted by Crippen LogP contribution is -2.09. The van der Waals surface area contributed by atoms with E-state index in [1.807, 2.05) is 0 Å². The predicted octanol–water partition coefficient (Wildman–Crippen LogP) is 1.48. The summed E-state index contributed by atoms with van der Waals surface area (Å²) < 4.78 is 0. The van der Waals surface area contributed by atoms with Crippen LogP contribution in [0, 0.1) is 6.92 Å². The van der Waals surface area contributed by atoms with Crippen molar-refractivity contribution >= 4 is 11.9 Å². The van der Waals surface area contributed by atoms with Gasteiger partial charge in [0, 0.05) is 6.20 Å². The van der Waals surface area contributed by atoms with Crippen molar-refractivity contribution in [3.8, 4) is 0 Å². The Kier molecular flexibility index (Phi) is 2.06. The molecule has 1 amide bonds. The normalized spacial score (nSPS) is 9.18. The number of anilines is 1. The highest BCUT2D eigenvalue weighted by Crippen LogP contribution is 2.07. The van der Waals surface area contributed by atoms with Gasteiger partial charge in [-0.25, -0.2) is 9.78 Å². The minimum Gasteiger partial charge on any atom is -0.465 e. The van der Waals surface area contributed by atoms with Crippen LogP contribution in [0.5, 0.6) is 0 Å². The molecule has 0 atom stereocenters. The van der Waals surface area contributed by atoms with E-state index in [-0.39, 0.29) is 0 Å². The molecule has 1 rings (SSSR count). The Hall–Kier alpha value is -1.58. The molecular weight excluding hydrogens is 144 g/mol. The maximum atomic E-state index is 10.2. The summed E-state index contributed by atoms with van der Waals surface area (Å²) in [5.74, 6) is 0.389. The van der Waals surface area contributed by atoms with Gasteiger partial charge in [-0.15, -0.1) is 0 Å². The molecule has 0 bridgehead atoms. The van der Waals surface area contributed by atoms with Crippen molar-refractivity contribution in [2.75, 3.05) is 5.32 Å². The first kappa shape index (κ1) is 7.53. The predicted molar refractivity (Wildman–Crippen MR) is 40.6 cm³/mol. The zero-order valence-corrected chi connectivity index (χ0v) is 6.03. The lowest BCUT2D eigenvalue weighted by Gasteiger charge is -2.01. The van der Waals surface area contributed by atoms with Crippen LogP contribution < -0.4 is 5.32 Å². The number of rotatable bonds is 1. The summed E-state index contributed by atoms with van der Waals surface area (Å²) >= 11 is 0. The lowest BCUT2D eigenvalue weighted by molar-refractivity contribution is 0.209. The summed E-state index contributed by atoms with van der Waals surface area (Å²) in [5.41, 5.74) is 0.815. The van der Waals surface area contributed by atoms with Gasteiger partial charge in [-0.2, -0.15) is 0 Å². The molecule has 0 saturated heterocycles. The fourth-order valence-electron chi connectivity index (χ4n) is 0.718. The SMILES string of the molecule is Cc1cccnc1NC(=O)O. The third kappa shape index (κ3) is 1.93. The fraction of sp³-hybridized carbons (Fsp3) is 0.143. The third-order valence-electron chi connectivity index (χ3n) is 1.23. The van der Waals surface area contributed by atoms with E-state index in [1.165, 1.54) is 6.20 Å². The number of hydrogen-bond acceptors (Lipinski definition) is 2. The van der Waals surface area contributed by atoms with Crippen LogP contribution in [0.1, 0.15) is 5.56 Å². The van der Waals surface area contributed by atoms with Crippen LogP contribution in [0.25, 0.3) is 0 Å². The Morgan fingerprint density at radius 3 is 3.00 bits per heavy atom. The van der Waals surface area contributed by atoms with Gasteiger partial charge in [-0.3, -0.25) is 5.32 Å². The van der Waals surface area contributed by atoms with E-state index in [1.54, 1.807) is 19.1 Å². The second-order valence-corrected chi connectivity index (χ2v) is 2.10. The highest BCUT2D eigenvalue weighted by molar-refractivity contribution is 5.82. The molecule has 0 saturated carbocycles. The summed E-state index contributed by atoms with van der Waals surface area (Å²) in [4.78, 5) is 14.0. The van der Waals surface area contributed by atoms with Crippen LogP contribution in [0.15, 0.2) is 18.3 Å². The molecule has 4 heteroatoms. The van der Waals surface area contributed by atoms with Gasteiger partial charge in [0.25, 0.3) is 0 Å². The molecule has 0 unspecified atom stereocenters. The Morgan fingerprint density at radius 2 is 2.45 bits per heavy atom. The highest BCUT2D eigenvalue weighted by Gasteiger charge is 2.00. The highest BCUT2D eigenvalue weighted by atomic mass is 16.4. The molecule has 1 aromatic rings. The Labute approximate surface area is 63.9 Å². The molecule has 2 N–H and O–H groups in total. The molecule has 11 heavy (non-hydrogen) atoms. The van der Waals surface area contributed by atoms with Crippen LogP contribution in [-0.4, -0.2) is 16.2 Å². The van der Waals surface area contributed by atoms with Gasteiger partial charge in [0.15, 0.2) is 0 Å². The van der Waals surface area contributed by atoms with Crippen molar-refractivity contribution in [2.45, 2.75) is 6.92 Å². The number of carboxylic acid groups (broad SMARTS) is 1. The van der Waals surface area contributed by atoms with Crippen LogP contribution in [0.2, 0.25) is 0 Å². The molecule has 0 radical (unpaired) electrons. The number of aryl methyl sites for hydroxylation is 1. The van der Waals surface area contributed by atoms with Crippen LogP contribution >= 0.6 is 0 Å². The molecule has 0 aliphatic rings. The number of aromatic nitrogens is 1. The topological polar surface area (TPSA) is 62.2 Å². The summed E-state index contributed by atoms with van der Waals surface area (Å²) in [7, 11) is 0. The third-order valence-corrected chi connectivity index (χ3v) is 1.23. The van der Waals surface area contributed by atoms with Crippen LogP contribution in [-0.2, 0) is 0 Å². The summed E-state index contributed by atoms with van der Waals surface area (Å²) in [6.07, 6.45) is 0.449. The first-order chi connectivity index (χ1) is 5.20. The average Bonchev–Trinajstić information content (AvgIpc) is 1.93. The summed E-state index contributed by atoms with van der Waals surface area (Å²) in [6.45, 7) is 1.79. The average molecular weight is 152 g/mol. The molecule has 58 valence electrons. The lowest BCUT2D eigenvalue weighted by atomic mass is 10.3. The van der Waals surface area contributed by atoms with Crippen molar-refractivity contribution in [1.82, 2.24) is 4.98 Å². The van der Waals surface area contributed by atoms with Gasteiger partial charge < -0.3 is 5.11 Å². The molecule has 0 aromatic carbocycles. The number of nitrogens with zero attached hydrogens (tertiary/aromatic N) is 1. The molecule has 4 nitrogen and oxygen atoms in total. The number of carbonyl (C=O) groups is 1. The smallest absolute Gasteiger partial charge is 0.410 e. The first-order valence-electron chi connectivity index (χ1n) is 3.11. The van der Waals surface area contributed by atoms with Gasteiger partial charge in [-0.05, 0) is 18.6 Å². The van der Waals surface area contributed by atoms with Gasteiger partial charge in [0.05, 0.1) is 0 Å². The number of hydrogen-bond donors (Lipinski definition) is 2. The monoisotopic (exact) mass is 152 g/mol. The number of pyridine rings is 1. The molecule has 0 aliphatic carbocycles. The van der Waals surface area contributed by atoms with Crippen molar-refractivity contribution in [3.05, 3.63) is 23.9 Å².